The number of likely N-dealkylation sites (N-methyl/N-ethyl adjacent to an activating group) is 1. The number of carbonyl (C=O) groups is 1. The molecule has 10 heteroatoms. The van der Waals surface area contributed by atoms with Crippen LogP contribution in [0, 0.1) is 0 Å². The summed E-state index contributed by atoms with van der Waals surface area (Å²) in [5.41, 5.74) is 0.898. The topological polar surface area (TPSA) is 79.8 Å². The normalized spacial score (nSPS) is 11.8. The number of aromatic nitrogens is 1. The molecule has 0 radical (unpaired) electrons. The van der Waals surface area contributed by atoms with E-state index in [1.165, 1.54) is 30.6 Å². The lowest BCUT2D eigenvalue weighted by Crippen LogP contribution is -2.36. The molecule has 0 saturated heterocycles. The standard InChI is InChI=1S/C23H29N3O4S3/c1-25(2)14-15-26(23-24-22-19(31-4)7-5-8-20(22)32-23)21(27)9-6-16-33(28,29)18-12-10-17(30-3)11-13-18/h5,7-8,10-13H,6,9,14-16H2,1-4H3. The molecule has 0 aliphatic carbocycles. The van der Waals surface area contributed by atoms with Gasteiger partial charge in [-0.15, -0.1) is 11.8 Å². The fourth-order valence-electron chi connectivity index (χ4n) is 3.27. The predicted octanol–water partition coefficient (Wildman–Crippen LogP) is 4.18. The largest absolute Gasteiger partial charge is 0.497 e. The number of amides is 1. The Morgan fingerprint density at radius 1 is 1.12 bits per heavy atom. The van der Waals surface area contributed by atoms with Gasteiger partial charge in [-0.1, -0.05) is 17.4 Å². The Bertz CT molecular complexity index is 1190. The molecule has 0 saturated carbocycles. The maximum absolute atomic E-state index is 13.2. The molecule has 0 unspecified atom stereocenters. The third-order valence-corrected chi connectivity index (χ3v) is 8.75. The van der Waals surface area contributed by atoms with Gasteiger partial charge in [0.05, 0.1) is 28.0 Å². The van der Waals surface area contributed by atoms with E-state index in [9.17, 15) is 13.2 Å². The van der Waals surface area contributed by atoms with E-state index in [0.29, 0.717) is 24.0 Å². The van der Waals surface area contributed by atoms with Crippen molar-refractivity contribution in [1.82, 2.24) is 9.88 Å². The summed E-state index contributed by atoms with van der Waals surface area (Å²) in [6, 6.07) is 12.3. The van der Waals surface area contributed by atoms with Crippen molar-refractivity contribution >= 4 is 54.2 Å². The van der Waals surface area contributed by atoms with Crippen LogP contribution in [-0.2, 0) is 14.6 Å². The van der Waals surface area contributed by atoms with Gasteiger partial charge in [-0.25, -0.2) is 13.4 Å². The minimum Gasteiger partial charge on any atom is -0.497 e. The van der Waals surface area contributed by atoms with Crippen molar-refractivity contribution < 1.29 is 17.9 Å². The van der Waals surface area contributed by atoms with Crippen LogP contribution in [0.2, 0.25) is 0 Å². The smallest absolute Gasteiger partial charge is 0.228 e. The maximum atomic E-state index is 13.2. The van der Waals surface area contributed by atoms with Crippen LogP contribution in [0.25, 0.3) is 10.2 Å². The number of benzene rings is 2. The molecule has 0 aliphatic rings. The molecule has 1 amide bonds. The Balaban J connectivity index is 1.73. The molecule has 0 fully saturated rings. The molecule has 0 N–H and O–H groups in total. The number of methoxy groups -OCH3 is 1. The lowest BCUT2D eigenvalue weighted by atomic mass is 10.3. The monoisotopic (exact) mass is 507 g/mol. The maximum Gasteiger partial charge on any atom is 0.228 e. The molecular formula is C23H29N3O4S3. The second kappa shape index (κ2) is 11.3. The number of ether oxygens (including phenoxy) is 1. The number of hydrogen-bond acceptors (Lipinski definition) is 8. The summed E-state index contributed by atoms with van der Waals surface area (Å²) >= 11 is 3.11. The van der Waals surface area contributed by atoms with Crippen molar-refractivity contribution in [1.29, 1.82) is 0 Å². The number of fused-ring (bicyclic) bond motifs is 1. The quantitative estimate of drug-likeness (QED) is 0.360. The number of thioether (sulfide) groups is 1. The first-order valence-electron chi connectivity index (χ1n) is 10.5. The molecule has 1 heterocycles. The van der Waals surface area contributed by atoms with Gasteiger partial charge in [0.2, 0.25) is 5.91 Å². The Morgan fingerprint density at radius 3 is 2.48 bits per heavy atom. The zero-order chi connectivity index (χ0) is 24.0. The highest BCUT2D eigenvalue weighted by Crippen LogP contribution is 2.34. The highest BCUT2D eigenvalue weighted by Gasteiger charge is 2.22. The van der Waals surface area contributed by atoms with Gasteiger partial charge in [0.15, 0.2) is 15.0 Å². The van der Waals surface area contributed by atoms with Gasteiger partial charge in [-0.2, -0.15) is 0 Å². The number of carbonyl (C=O) groups excluding carboxylic acids is 1. The summed E-state index contributed by atoms with van der Waals surface area (Å²) in [7, 11) is 1.96. The molecule has 1 aromatic heterocycles. The number of sulfone groups is 1. The molecule has 7 nitrogen and oxygen atoms in total. The first-order chi connectivity index (χ1) is 15.7. The molecule has 3 aromatic rings. The molecule has 0 atom stereocenters. The molecule has 2 aromatic carbocycles. The first kappa shape index (κ1) is 25.5. The number of rotatable bonds is 11. The molecule has 33 heavy (non-hydrogen) atoms. The summed E-state index contributed by atoms with van der Waals surface area (Å²) < 4.78 is 31.5. The van der Waals surface area contributed by atoms with Crippen molar-refractivity contribution in [3.05, 3.63) is 42.5 Å². The highest BCUT2D eigenvalue weighted by atomic mass is 32.2. The zero-order valence-electron chi connectivity index (χ0n) is 19.3. The number of thiazole rings is 1. The summed E-state index contributed by atoms with van der Waals surface area (Å²) in [4.78, 5) is 22.9. The van der Waals surface area contributed by atoms with Crippen LogP contribution >= 0.6 is 23.1 Å². The minimum absolute atomic E-state index is 0.0942. The van der Waals surface area contributed by atoms with Gasteiger partial charge < -0.3 is 9.64 Å². The molecule has 0 spiro atoms. The van der Waals surface area contributed by atoms with E-state index in [-0.39, 0.29) is 29.4 Å². The van der Waals surface area contributed by atoms with Gasteiger partial charge in [0, 0.05) is 24.4 Å². The second-order valence-corrected chi connectivity index (χ2v) is 11.7. The molecule has 0 aliphatic heterocycles. The summed E-state index contributed by atoms with van der Waals surface area (Å²) in [6.07, 6.45) is 2.38. The molecule has 178 valence electrons. The van der Waals surface area contributed by atoms with Crippen LogP contribution in [0.5, 0.6) is 5.75 Å². The van der Waals surface area contributed by atoms with Crippen molar-refractivity contribution in [3.8, 4) is 5.75 Å². The number of anilines is 1. The molecule has 0 bridgehead atoms. The Hall–Kier alpha value is -2.14. The van der Waals surface area contributed by atoms with Crippen LogP contribution in [-0.4, -0.2) is 70.5 Å². The van der Waals surface area contributed by atoms with Crippen molar-refractivity contribution in [2.45, 2.75) is 22.6 Å². The van der Waals surface area contributed by atoms with Crippen LogP contribution in [0.15, 0.2) is 52.3 Å². The Morgan fingerprint density at radius 2 is 1.85 bits per heavy atom. The van der Waals surface area contributed by atoms with E-state index in [0.717, 1.165) is 15.1 Å². The fourth-order valence-corrected chi connectivity index (χ4v) is 6.24. The SMILES string of the molecule is COc1ccc(S(=O)(=O)CCCC(=O)N(CCN(C)C)c2nc3c(SC)cccc3s2)cc1. The third-order valence-electron chi connectivity index (χ3n) is 5.12. The van der Waals surface area contributed by atoms with Crippen molar-refractivity contribution in [2.24, 2.45) is 0 Å². The van der Waals surface area contributed by atoms with E-state index in [2.05, 4.69) is 0 Å². The average Bonchev–Trinajstić information content (AvgIpc) is 3.23. The van der Waals surface area contributed by atoms with Crippen molar-refractivity contribution in [3.63, 3.8) is 0 Å². The van der Waals surface area contributed by atoms with E-state index < -0.39 is 9.84 Å². The number of nitrogens with zero attached hydrogens (tertiary/aromatic N) is 3. The fraction of sp³-hybridized carbons (Fsp3) is 0.391. The summed E-state index contributed by atoms with van der Waals surface area (Å²) in [5.74, 6) is 0.385. The second-order valence-electron chi connectivity index (χ2n) is 7.75. The third kappa shape index (κ3) is 6.47. The van der Waals surface area contributed by atoms with Crippen LogP contribution in [0.1, 0.15) is 12.8 Å². The highest BCUT2D eigenvalue weighted by molar-refractivity contribution is 7.98. The van der Waals surface area contributed by atoms with Gasteiger partial charge in [-0.3, -0.25) is 9.69 Å². The Labute approximate surface area is 203 Å². The van der Waals surface area contributed by atoms with E-state index in [4.69, 9.17) is 9.72 Å². The molecule has 3 rings (SSSR count). The van der Waals surface area contributed by atoms with E-state index in [1.54, 1.807) is 28.8 Å². The Kier molecular flexibility index (Phi) is 8.75. The zero-order valence-corrected chi connectivity index (χ0v) is 21.7. The van der Waals surface area contributed by atoms with Crippen LogP contribution in [0.3, 0.4) is 0 Å². The van der Waals surface area contributed by atoms with Crippen LogP contribution in [0.4, 0.5) is 5.13 Å². The first-order valence-corrected chi connectivity index (χ1v) is 14.2. The van der Waals surface area contributed by atoms with Gasteiger partial charge in [0.25, 0.3) is 0 Å². The van der Waals surface area contributed by atoms with Gasteiger partial charge >= 0.3 is 0 Å². The minimum atomic E-state index is -3.48. The lowest BCUT2D eigenvalue weighted by Gasteiger charge is -2.22. The summed E-state index contributed by atoms with van der Waals surface area (Å²) in [5, 5.41) is 0.649. The lowest BCUT2D eigenvalue weighted by molar-refractivity contribution is -0.118. The van der Waals surface area contributed by atoms with E-state index in [1.807, 2.05) is 43.5 Å². The number of para-hydroxylation sites is 1. The summed E-state index contributed by atoms with van der Waals surface area (Å²) in [6.45, 7) is 1.17. The van der Waals surface area contributed by atoms with E-state index >= 15 is 0 Å². The predicted molar refractivity (Wildman–Crippen MR) is 137 cm³/mol. The van der Waals surface area contributed by atoms with Gasteiger partial charge in [0.1, 0.15) is 5.75 Å². The number of hydrogen-bond donors (Lipinski definition) is 0. The van der Waals surface area contributed by atoms with Crippen molar-refractivity contribution in [2.75, 3.05) is 51.2 Å². The average molecular weight is 508 g/mol. The van der Waals surface area contributed by atoms with Crippen LogP contribution < -0.4 is 9.64 Å². The molecular weight excluding hydrogens is 478 g/mol. The van der Waals surface area contributed by atoms with Gasteiger partial charge in [-0.05, 0) is 63.2 Å².